The highest BCUT2D eigenvalue weighted by Gasteiger charge is 2.05. The van der Waals surface area contributed by atoms with Crippen molar-refractivity contribution in [1.82, 2.24) is 0 Å². The van der Waals surface area contributed by atoms with Crippen molar-refractivity contribution in [1.29, 1.82) is 0 Å². The summed E-state index contributed by atoms with van der Waals surface area (Å²) in [4.78, 5) is 11.8. The number of hydrogen-bond donors (Lipinski definition) is 1. The van der Waals surface area contributed by atoms with Gasteiger partial charge < -0.3 is 10.1 Å². The number of anilines is 1. The van der Waals surface area contributed by atoms with E-state index in [1.165, 1.54) is 12.1 Å². The lowest BCUT2D eigenvalue weighted by Gasteiger charge is -2.07. The van der Waals surface area contributed by atoms with Crippen LogP contribution in [0.1, 0.15) is 5.56 Å². The summed E-state index contributed by atoms with van der Waals surface area (Å²) in [5, 5.41) is 2.77. The van der Waals surface area contributed by atoms with Gasteiger partial charge in [-0.1, -0.05) is 18.2 Å². The fourth-order valence-electron chi connectivity index (χ4n) is 1.69. The van der Waals surface area contributed by atoms with Crippen molar-refractivity contribution in [2.75, 3.05) is 12.4 Å². The first kappa shape index (κ1) is 13.1. The van der Waals surface area contributed by atoms with Crippen LogP contribution in [0.25, 0.3) is 0 Å². The fraction of sp³-hybridized carbons (Fsp3) is 0.133. The highest BCUT2D eigenvalue weighted by atomic mass is 19.1. The van der Waals surface area contributed by atoms with E-state index < -0.39 is 0 Å². The molecule has 2 aromatic carbocycles. The predicted octanol–water partition coefficient (Wildman–Crippen LogP) is 3.02. The van der Waals surface area contributed by atoms with Crippen molar-refractivity contribution in [3.63, 3.8) is 0 Å². The Labute approximate surface area is 111 Å². The van der Waals surface area contributed by atoms with Crippen LogP contribution in [-0.2, 0) is 11.2 Å². The molecule has 0 unspecified atom stereocenters. The summed E-state index contributed by atoms with van der Waals surface area (Å²) < 4.78 is 17.8. The summed E-state index contributed by atoms with van der Waals surface area (Å²) in [6, 6.07) is 13.0. The van der Waals surface area contributed by atoms with E-state index in [0.717, 1.165) is 5.56 Å². The van der Waals surface area contributed by atoms with Crippen LogP contribution >= 0.6 is 0 Å². The van der Waals surface area contributed by atoms with Crippen molar-refractivity contribution in [3.05, 3.63) is 59.9 Å². The molecule has 0 aliphatic carbocycles. The van der Waals surface area contributed by atoms with Gasteiger partial charge in [-0.2, -0.15) is 0 Å². The molecule has 0 aromatic heterocycles. The average molecular weight is 259 g/mol. The second kappa shape index (κ2) is 6.00. The first-order valence-corrected chi connectivity index (χ1v) is 5.86. The number of benzene rings is 2. The number of carbonyl (C=O) groups excluding carboxylic acids is 1. The molecule has 0 radical (unpaired) electrons. The minimum atomic E-state index is -0.308. The Morgan fingerprint density at radius 1 is 1.21 bits per heavy atom. The van der Waals surface area contributed by atoms with E-state index in [2.05, 4.69) is 5.32 Å². The number of hydrogen-bond acceptors (Lipinski definition) is 2. The van der Waals surface area contributed by atoms with Gasteiger partial charge in [-0.15, -0.1) is 0 Å². The number of rotatable bonds is 4. The fourth-order valence-corrected chi connectivity index (χ4v) is 1.69. The quantitative estimate of drug-likeness (QED) is 0.916. The Morgan fingerprint density at radius 3 is 2.63 bits per heavy atom. The molecule has 2 aromatic rings. The van der Waals surface area contributed by atoms with Gasteiger partial charge in [0.1, 0.15) is 11.6 Å². The monoisotopic (exact) mass is 259 g/mol. The maximum absolute atomic E-state index is 12.7. The molecule has 1 amide bonds. The van der Waals surface area contributed by atoms with Gasteiger partial charge in [0.2, 0.25) is 5.91 Å². The highest BCUT2D eigenvalue weighted by Crippen LogP contribution is 2.17. The van der Waals surface area contributed by atoms with Gasteiger partial charge in [-0.05, 0) is 29.8 Å². The largest absolute Gasteiger partial charge is 0.497 e. The first-order valence-electron chi connectivity index (χ1n) is 5.86. The number of halogens is 1. The zero-order valence-electron chi connectivity index (χ0n) is 10.5. The minimum Gasteiger partial charge on any atom is -0.497 e. The van der Waals surface area contributed by atoms with Crippen LogP contribution in [-0.4, -0.2) is 13.0 Å². The Bertz CT molecular complexity index is 567. The van der Waals surface area contributed by atoms with E-state index in [-0.39, 0.29) is 18.1 Å². The Balaban J connectivity index is 1.99. The van der Waals surface area contributed by atoms with Crippen molar-refractivity contribution in [2.45, 2.75) is 6.42 Å². The topological polar surface area (TPSA) is 38.3 Å². The van der Waals surface area contributed by atoms with Crippen LogP contribution in [0.3, 0.4) is 0 Å². The summed E-state index contributed by atoms with van der Waals surface area (Å²) in [6.45, 7) is 0. The SMILES string of the molecule is COc1cccc(NC(=O)Cc2ccc(F)cc2)c1. The van der Waals surface area contributed by atoms with Crippen LogP contribution in [0.15, 0.2) is 48.5 Å². The Hall–Kier alpha value is -2.36. The van der Waals surface area contributed by atoms with Crippen LogP contribution in [0, 0.1) is 5.82 Å². The lowest BCUT2D eigenvalue weighted by atomic mass is 10.1. The normalized spacial score (nSPS) is 10.0. The van der Waals surface area contributed by atoms with Gasteiger partial charge in [0.15, 0.2) is 0 Å². The molecule has 0 spiro atoms. The summed E-state index contributed by atoms with van der Waals surface area (Å²) in [5.74, 6) is 0.219. The number of methoxy groups -OCH3 is 1. The van der Waals surface area contributed by atoms with Crippen LogP contribution in [0.5, 0.6) is 5.75 Å². The Kier molecular flexibility index (Phi) is 4.13. The summed E-state index contributed by atoms with van der Waals surface area (Å²) in [7, 11) is 1.57. The van der Waals surface area contributed by atoms with Gasteiger partial charge in [0, 0.05) is 11.8 Å². The van der Waals surface area contributed by atoms with E-state index in [9.17, 15) is 9.18 Å². The lowest BCUT2D eigenvalue weighted by Crippen LogP contribution is -2.14. The second-order valence-corrected chi connectivity index (χ2v) is 4.08. The summed E-state index contributed by atoms with van der Waals surface area (Å²) >= 11 is 0. The van der Waals surface area contributed by atoms with Gasteiger partial charge in [0.25, 0.3) is 0 Å². The van der Waals surface area contributed by atoms with Crippen LogP contribution in [0.4, 0.5) is 10.1 Å². The van der Waals surface area contributed by atoms with Crippen LogP contribution < -0.4 is 10.1 Å². The van der Waals surface area contributed by atoms with E-state index in [4.69, 9.17) is 4.74 Å². The number of ether oxygens (including phenoxy) is 1. The molecule has 2 rings (SSSR count). The molecule has 0 saturated carbocycles. The molecule has 0 aliphatic heterocycles. The Morgan fingerprint density at radius 2 is 1.95 bits per heavy atom. The van der Waals surface area contributed by atoms with Crippen LogP contribution in [0.2, 0.25) is 0 Å². The number of amides is 1. The molecule has 0 saturated heterocycles. The predicted molar refractivity (Wildman–Crippen MR) is 71.7 cm³/mol. The number of nitrogens with one attached hydrogen (secondary N) is 1. The van der Waals surface area contributed by atoms with Gasteiger partial charge >= 0.3 is 0 Å². The molecular weight excluding hydrogens is 245 g/mol. The van der Waals surface area contributed by atoms with Crippen molar-refractivity contribution in [2.24, 2.45) is 0 Å². The molecule has 0 aliphatic rings. The maximum atomic E-state index is 12.7. The molecule has 0 bridgehead atoms. The summed E-state index contributed by atoms with van der Waals surface area (Å²) in [5.41, 5.74) is 1.44. The third kappa shape index (κ3) is 3.81. The number of carbonyl (C=O) groups is 1. The molecule has 98 valence electrons. The first-order chi connectivity index (χ1) is 9.17. The third-order valence-corrected chi connectivity index (χ3v) is 2.63. The van der Waals surface area contributed by atoms with Gasteiger partial charge in [-0.3, -0.25) is 4.79 Å². The average Bonchev–Trinajstić information content (AvgIpc) is 2.41. The second-order valence-electron chi connectivity index (χ2n) is 4.08. The molecule has 4 heteroatoms. The van der Waals surface area contributed by atoms with E-state index >= 15 is 0 Å². The molecule has 3 nitrogen and oxygen atoms in total. The molecule has 0 heterocycles. The van der Waals surface area contributed by atoms with E-state index in [1.54, 1.807) is 43.5 Å². The van der Waals surface area contributed by atoms with E-state index in [0.29, 0.717) is 11.4 Å². The standard InChI is InChI=1S/C15H14FNO2/c1-19-14-4-2-3-13(10-14)17-15(18)9-11-5-7-12(16)8-6-11/h2-8,10H,9H2,1H3,(H,17,18). The molecular formula is C15H14FNO2. The zero-order chi connectivity index (χ0) is 13.7. The maximum Gasteiger partial charge on any atom is 0.228 e. The van der Waals surface area contributed by atoms with Gasteiger partial charge in [-0.25, -0.2) is 4.39 Å². The minimum absolute atomic E-state index is 0.153. The summed E-state index contributed by atoms with van der Waals surface area (Å²) in [6.07, 6.45) is 0.206. The van der Waals surface area contributed by atoms with E-state index in [1.807, 2.05) is 0 Å². The molecule has 19 heavy (non-hydrogen) atoms. The molecule has 1 N–H and O–H groups in total. The highest BCUT2D eigenvalue weighted by molar-refractivity contribution is 5.92. The zero-order valence-corrected chi connectivity index (χ0v) is 10.5. The smallest absolute Gasteiger partial charge is 0.228 e. The van der Waals surface area contributed by atoms with Crippen molar-refractivity contribution in [3.8, 4) is 5.75 Å². The van der Waals surface area contributed by atoms with Crippen molar-refractivity contribution >= 4 is 11.6 Å². The molecule has 0 atom stereocenters. The van der Waals surface area contributed by atoms with Gasteiger partial charge in [0.05, 0.1) is 13.5 Å². The van der Waals surface area contributed by atoms with Crippen molar-refractivity contribution < 1.29 is 13.9 Å². The third-order valence-electron chi connectivity index (χ3n) is 2.63. The lowest BCUT2D eigenvalue weighted by molar-refractivity contribution is -0.115. The molecule has 0 fully saturated rings.